The SMILES string of the molecule is CN1CCCC2(CCCN2Cc2ccc(OCCN3CCOCC3)cc2)C1=O. The Morgan fingerprint density at radius 2 is 1.75 bits per heavy atom. The van der Waals surface area contributed by atoms with E-state index >= 15 is 0 Å². The van der Waals surface area contributed by atoms with Gasteiger partial charge in [-0.05, 0) is 49.9 Å². The van der Waals surface area contributed by atoms with E-state index in [9.17, 15) is 4.79 Å². The average molecular weight is 388 g/mol. The van der Waals surface area contributed by atoms with Gasteiger partial charge < -0.3 is 14.4 Å². The van der Waals surface area contributed by atoms with E-state index in [2.05, 4.69) is 34.1 Å². The molecule has 6 heteroatoms. The summed E-state index contributed by atoms with van der Waals surface area (Å²) >= 11 is 0. The Morgan fingerprint density at radius 3 is 2.50 bits per heavy atom. The average Bonchev–Trinajstić information content (AvgIpc) is 3.11. The topological polar surface area (TPSA) is 45.2 Å². The smallest absolute Gasteiger partial charge is 0.242 e. The number of piperidine rings is 1. The summed E-state index contributed by atoms with van der Waals surface area (Å²) in [5.41, 5.74) is 0.989. The summed E-state index contributed by atoms with van der Waals surface area (Å²) in [6.45, 7) is 8.03. The zero-order valence-corrected chi connectivity index (χ0v) is 17.1. The van der Waals surface area contributed by atoms with E-state index in [0.29, 0.717) is 12.5 Å². The highest BCUT2D eigenvalue weighted by molar-refractivity contribution is 5.87. The molecule has 3 aliphatic rings. The lowest BCUT2D eigenvalue weighted by molar-refractivity contribution is -0.146. The molecule has 1 amide bonds. The second-order valence-electron chi connectivity index (χ2n) is 8.33. The zero-order chi connectivity index (χ0) is 19.4. The number of rotatable bonds is 6. The molecule has 6 nitrogen and oxygen atoms in total. The van der Waals surface area contributed by atoms with Gasteiger partial charge in [0.05, 0.1) is 13.2 Å². The first-order chi connectivity index (χ1) is 13.7. The standard InChI is InChI=1S/C22H33N3O3/c1-23-10-2-8-22(21(23)26)9-3-11-25(22)18-19-4-6-20(7-5-19)28-17-14-24-12-15-27-16-13-24/h4-7H,2-3,8-18H2,1H3. The molecule has 3 fully saturated rings. The van der Waals surface area contributed by atoms with Crippen molar-refractivity contribution in [2.24, 2.45) is 0 Å². The van der Waals surface area contributed by atoms with Crippen molar-refractivity contribution in [2.75, 3.05) is 59.6 Å². The number of hydrogen-bond donors (Lipinski definition) is 0. The van der Waals surface area contributed by atoms with Crippen LogP contribution in [0.4, 0.5) is 0 Å². The molecule has 154 valence electrons. The Bertz CT molecular complexity index is 659. The van der Waals surface area contributed by atoms with Crippen molar-refractivity contribution < 1.29 is 14.3 Å². The quantitative estimate of drug-likeness (QED) is 0.747. The van der Waals surface area contributed by atoms with E-state index in [1.54, 1.807) is 0 Å². The van der Waals surface area contributed by atoms with Crippen LogP contribution >= 0.6 is 0 Å². The minimum absolute atomic E-state index is 0.264. The maximum Gasteiger partial charge on any atom is 0.242 e. The highest BCUT2D eigenvalue weighted by Gasteiger charge is 2.49. The third-order valence-electron chi connectivity index (χ3n) is 6.53. The van der Waals surface area contributed by atoms with Crippen LogP contribution in [0.25, 0.3) is 0 Å². The first-order valence-corrected chi connectivity index (χ1v) is 10.7. The lowest BCUT2D eigenvalue weighted by atomic mass is 9.85. The second kappa shape index (κ2) is 8.80. The number of nitrogens with zero attached hydrogens (tertiary/aromatic N) is 3. The summed E-state index contributed by atoms with van der Waals surface area (Å²) in [4.78, 5) is 19.6. The molecule has 0 radical (unpaired) electrons. The molecule has 0 bridgehead atoms. The maximum absolute atomic E-state index is 12.9. The Morgan fingerprint density at radius 1 is 1.04 bits per heavy atom. The van der Waals surface area contributed by atoms with Crippen molar-refractivity contribution in [3.05, 3.63) is 29.8 Å². The van der Waals surface area contributed by atoms with E-state index in [4.69, 9.17) is 9.47 Å². The third kappa shape index (κ3) is 4.19. The molecule has 3 heterocycles. The van der Waals surface area contributed by atoms with Crippen LogP contribution in [-0.2, 0) is 16.1 Å². The number of morpholine rings is 1. The summed E-state index contributed by atoms with van der Waals surface area (Å²) in [6.07, 6.45) is 4.22. The molecule has 3 saturated heterocycles. The van der Waals surface area contributed by atoms with Gasteiger partial charge in [-0.1, -0.05) is 12.1 Å². The lowest BCUT2D eigenvalue weighted by Crippen LogP contribution is -2.58. The van der Waals surface area contributed by atoms with Crippen LogP contribution in [-0.4, -0.2) is 85.7 Å². The van der Waals surface area contributed by atoms with Crippen LogP contribution in [0, 0.1) is 0 Å². The Kier molecular flexibility index (Phi) is 6.19. The fraction of sp³-hybridized carbons (Fsp3) is 0.682. The number of carbonyl (C=O) groups is 1. The van der Waals surface area contributed by atoms with Crippen molar-refractivity contribution in [3.63, 3.8) is 0 Å². The molecule has 28 heavy (non-hydrogen) atoms. The van der Waals surface area contributed by atoms with Crippen LogP contribution < -0.4 is 4.74 Å². The second-order valence-corrected chi connectivity index (χ2v) is 8.33. The summed E-state index contributed by atoms with van der Waals surface area (Å²) in [5.74, 6) is 1.24. The number of benzene rings is 1. The van der Waals surface area contributed by atoms with E-state index in [1.807, 2.05) is 11.9 Å². The molecule has 1 aromatic carbocycles. The predicted molar refractivity (Wildman–Crippen MR) is 108 cm³/mol. The normalized spacial score (nSPS) is 26.9. The summed E-state index contributed by atoms with van der Waals surface area (Å²) in [5, 5.41) is 0. The maximum atomic E-state index is 12.9. The zero-order valence-electron chi connectivity index (χ0n) is 17.1. The summed E-state index contributed by atoms with van der Waals surface area (Å²) < 4.78 is 11.3. The number of ether oxygens (including phenoxy) is 2. The molecule has 4 rings (SSSR count). The van der Waals surface area contributed by atoms with E-state index in [-0.39, 0.29) is 5.54 Å². The van der Waals surface area contributed by atoms with Gasteiger partial charge in [-0.25, -0.2) is 0 Å². The van der Waals surface area contributed by atoms with Gasteiger partial charge in [-0.15, -0.1) is 0 Å². The summed E-state index contributed by atoms with van der Waals surface area (Å²) in [6, 6.07) is 8.42. The van der Waals surface area contributed by atoms with Crippen molar-refractivity contribution in [3.8, 4) is 5.75 Å². The Labute approximate surface area is 168 Å². The number of hydrogen-bond acceptors (Lipinski definition) is 5. The van der Waals surface area contributed by atoms with Gasteiger partial charge in [0.25, 0.3) is 0 Å². The van der Waals surface area contributed by atoms with Crippen molar-refractivity contribution in [2.45, 2.75) is 37.8 Å². The number of likely N-dealkylation sites (N-methyl/N-ethyl adjacent to an activating group) is 1. The van der Waals surface area contributed by atoms with Crippen molar-refractivity contribution in [1.29, 1.82) is 0 Å². The molecule has 0 N–H and O–H groups in total. The highest BCUT2D eigenvalue weighted by Crippen LogP contribution is 2.38. The van der Waals surface area contributed by atoms with Gasteiger partial charge >= 0.3 is 0 Å². The Hall–Kier alpha value is -1.63. The van der Waals surface area contributed by atoms with Gasteiger partial charge in [0.15, 0.2) is 0 Å². The van der Waals surface area contributed by atoms with Crippen LogP contribution in [0.5, 0.6) is 5.75 Å². The first-order valence-electron chi connectivity index (χ1n) is 10.7. The Balaban J connectivity index is 1.31. The molecule has 0 aromatic heterocycles. The fourth-order valence-corrected chi connectivity index (χ4v) is 4.89. The van der Waals surface area contributed by atoms with Crippen LogP contribution in [0.3, 0.4) is 0 Å². The molecule has 3 aliphatic heterocycles. The van der Waals surface area contributed by atoms with Gasteiger partial charge in [0.2, 0.25) is 5.91 Å². The number of likely N-dealkylation sites (tertiary alicyclic amines) is 2. The van der Waals surface area contributed by atoms with Crippen molar-refractivity contribution >= 4 is 5.91 Å². The monoisotopic (exact) mass is 387 g/mol. The lowest BCUT2D eigenvalue weighted by Gasteiger charge is -2.43. The molecular formula is C22H33N3O3. The van der Waals surface area contributed by atoms with Gasteiger partial charge in [0.1, 0.15) is 17.9 Å². The molecule has 0 saturated carbocycles. The van der Waals surface area contributed by atoms with Crippen LogP contribution in [0.15, 0.2) is 24.3 Å². The predicted octanol–water partition coefficient (Wildman–Crippen LogP) is 1.98. The van der Waals surface area contributed by atoms with Gasteiger partial charge in [-0.3, -0.25) is 14.6 Å². The summed E-state index contributed by atoms with van der Waals surface area (Å²) in [7, 11) is 1.95. The molecule has 1 unspecified atom stereocenters. The first kappa shape index (κ1) is 19.7. The minimum Gasteiger partial charge on any atom is -0.492 e. The van der Waals surface area contributed by atoms with Crippen LogP contribution in [0.2, 0.25) is 0 Å². The van der Waals surface area contributed by atoms with Gasteiger partial charge in [-0.2, -0.15) is 0 Å². The van der Waals surface area contributed by atoms with Crippen molar-refractivity contribution in [1.82, 2.24) is 14.7 Å². The van der Waals surface area contributed by atoms with E-state index in [1.165, 1.54) is 5.56 Å². The largest absolute Gasteiger partial charge is 0.492 e. The highest BCUT2D eigenvalue weighted by atomic mass is 16.5. The number of carbonyl (C=O) groups excluding carboxylic acids is 1. The van der Waals surface area contributed by atoms with Crippen LogP contribution in [0.1, 0.15) is 31.2 Å². The van der Waals surface area contributed by atoms with E-state index < -0.39 is 0 Å². The van der Waals surface area contributed by atoms with Gasteiger partial charge in [0, 0.05) is 39.8 Å². The molecule has 1 aromatic rings. The third-order valence-corrected chi connectivity index (χ3v) is 6.53. The van der Waals surface area contributed by atoms with E-state index in [0.717, 1.165) is 83.9 Å². The molecular weight excluding hydrogens is 354 g/mol. The fourth-order valence-electron chi connectivity index (χ4n) is 4.89. The molecule has 1 spiro atoms. The number of amides is 1. The minimum atomic E-state index is -0.264. The molecule has 0 aliphatic carbocycles. The molecule has 1 atom stereocenters.